The number of hydrogen-bond donors (Lipinski definition) is 1. The van der Waals surface area contributed by atoms with E-state index in [1.807, 2.05) is 24.4 Å². The van der Waals surface area contributed by atoms with E-state index in [0.717, 1.165) is 14.3 Å². The molecule has 1 atom stereocenters. The highest BCUT2D eigenvalue weighted by Crippen LogP contribution is 2.30. The van der Waals surface area contributed by atoms with Crippen LogP contribution in [-0.4, -0.2) is 28.9 Å². The minimum Gasteiger partial charge on any atom is -0.392 e. The summed E-state index contributed by atoms with van der Waals surface area (Å²) in [4.78, 5) is 14.8. The van der Waals surface area contributed by atoms with Gasteiger partial charge in [0.05, 0.1) is 15.9 Å². The number of carbonyl (C=O) groups excluding carboxylic acids is 1. The second-order valence-corrected chi connectivity index (χ2v) is 6.26. The quantitative estimate of drug-likeness (QED) is 0.882. The number of thiophene rings is 2. The van der Waals surface area contributed by atoms with Gasteiger partial charge in [0.25, 0.3) is 5.91 Å². The Labute approximate surface area is 113 Å². The average Bonchev–Trinajstić information content (AvgIpc) is 2.85. The van der Waals surface area contributed by atoms with Gasteiger partial charge in [-0.05, 0) is 24.4 Å². The highest BCUT2D eigenvalue weighted by molar-refractivity contribution is 7.80. The van der Waals surface area contributed by atoms with Crippen molar-refractivity contribution in [2.45, 2.75) is 13.0 Å². The van der Waals surface area contributed by atoms with Crippen LogP contribution in [0.2, 0.25) is 0 Å². The molecular weight excluding hydrogens is 272 g/mol. The lowest BCUT2D eigenvalue weighted by Gasteiger charge is -2.23. The number of rotatable bonds is 3. The summed E-state index contributed by atoms with van der Waals surface area (Å²) in [6.07, 6.45) is 0. The topological polar surface area (TPSA) is 46.3 Å². The van der Waals surface area contributed by atoms with Crippen LogP contribution in [-0.2, 0) is 0 Å². The van der Waals surface area contributed by atoms with E-state index in [1.54, 1.807) is 23.3 Å². The van der Waals surface area contributed by atoms with Gasteiger partial charge in [-0.25, -0.2) is 0 Å². The smallest absolute Gasteiger partial charge is 0.264 e. The summed E-state index contributed by atoms with van der Waals surface area (Å²) < 4.78 is 2.30. The van der Waals surface area contributed by atoms with Crippen LogP contribution in [0.4, 0.5) is 0 Å². The third-order valence-corrected chi connectivity index (χ3v) is 5.09. The van der Waals surface area contributed by atoms with E-state index in [9.17, 15) is 4.79 Å². The molecule has 2 aromatic rings. The van der Waals surface area contributed by atoms with Crippen molar-refractivity contribution in [1.82, 2.24) is 4.90 Å². The lowest BCUT2D eigenvalue weighted by Crippen LogP contribution is -2.42. The van der Waals surface area contributed by atoms with Crippen molar-refractivity contribution in [3.63, 3.8) is 0 Å². The summed E-state index contributed by atoms with van der Waals surface area (Å²) >= 11 is 8.05. The molecule has 17 heavy (non-hydrogen) atoms. The Kier molecular flexibility index (Phi) is 3.46. The monoisotopic (exact) mass is 284 g/mol. The summed E-state index contributed by atoms with van der Waals surface area (Å²) in [5.74, 6) is -0.0290. The van der Waals surface area contributed by atoms with Crippen molar-refractivity contribution < 1.29 is 4.79 Å². The highest BCUT2D eigenvalue weighted by atomic mass is 32.1. The zero-order chi connectivity index (χ0) is 12.6. The Morgan fingerprint density at radius 3 is 2.82 bits per heavy atom. The maximum absolute atomic E-state index is 12.2. The Balaban J connectivity index is 2.25. The van der Waals surface area contributed by atoms with Crippen molar-refractivity contribution in [1.29, 1.82) is 0 Å². The first kappa shape index (κ1) is 12.5. The van der Waals surface area contributed by atoms with E-state index in [-0.39, 0.29) is 11.9 Å². The number of amides is 1. The standard InChI is InChI=1S/C11H12N2OS3/c1-6(10(12)15)13(2)11(14)9-5-8-7(17-9)3-4-16-8/h3-6H,1-2H3,(H2,12,15). The lowest BCUT2D eigenvalue weighted by atomic mass is 10.3. The summed E-state index contributed by atoms with van der Waals surface area (Å²) in [5.41, 5.74) is 5.55. The van der Waals surface area contributed by atoms with Gasteiger partial charge in [0, 0.05) is 16.4 Å². The number of hydrogen-bond acceptors (Lipinski definition) is 4. The van der Waals surface area contributed by atoms with E-state index in [4.69, 9.17) is 18.0 Å². The number of nitrogens with two attached hydrogens (primary N) is 1. The van der Waals surface area contributed by atoms with Gasteiger partial charge in [-0.1, -0.05) is 12.2 Å². The Morgan fingerprint density at radius 1 is 1.53 bits per heavy atom. The van der Waals surface area contributed by atoms with Gasteiger partial charge in [-0.2, -0.15) is 0 Å². The molecule has 2 N–H and O–H groups in total. The molecule has 1 amide bonds. The molecule has 0 radical (unpaired) electrons. The predicted molar refractivity (Wildman–Crippen MR) is 78.0 cm³/mol. The van der Waals surface area contributed by atoms with Gasteiger partial charge >= 0.3 is 0 Å². The molecule has 0 saturated carbocycles. The molecule has 0 fully saturated rings. The first-order chi connectivity index (χ1) is 8.00. The van der Waals surface area contributed by atoms with Gasteiger partial charge in [0.2, 0.25) is 0 Å². The summed E-state index contributed by atoms with van der Waals surface area (Å²) in [6.45, 7) is 1.83. The number of thiocarbonyl (C=S) groups is 1. The van der Waals surface area contributed by atoms with E-state index < -0.39 is 0 Å². The molecule has 0 aliphatic heterocycles. The molecule has 2 rings (SSSR count). The van der Waals surface area contributed by atoms with Crippen LogP contribution in [0.25, 0.3) is 9.40 Å². The second-order valence-electron chi connectivity index (χ2n) is 3.75. The average molecular weight is 284 g/mol. The molecule has 1 unspecified atom stereocenters. The van der Waals surface area contributed by atoms with E-state index in [0.29, 0.717) is 4.99 Å². The molecule has 2 aromatic heterocycles. The van der Waals surface area contributed by atoms with Crippen molar-refractivity contribution in [3.05, 3.63) is 22.4 Å². The largest absolute Gasteiger partial charge is 0.392 e. The zero-order valence-corrected chi connectivity index (χ0v) is 11.9. The van der Waals surface area contributed by atoms with Crippen LogP contribution >= 0.6 is 34.9 Å². The summed E-state index contributed by atoms with van der Waals surface area (Å²) in [6, 6.07) is 3.73. The van der Waals surface area contributed by atoms with Crippen molar-refractivity contribution in [3.8, 4) is 0 Å². The maximum atomic E-state index is 12.2. The predicted octanol–water partition coefficient (Wildman–Crippen LogP) is 2.71. The summed E-state index contributed by atoms with van der Waals surface area (Å²) in [5, 5.41) is 2.02. The summed E-state index contributed by atoms with van der Waals surface area (Å²) in [7, 11) is 1.72. The van der Waals surface area contributed by atoms with Gasteiger partial charge in [-0.3, -0.25) is 4.79 Å². The fourth-order valence-corrected chi connectivity index (χ4v) is 3.66. The molecule has 6 heteroatoms. The van der Waals surface area contributed by atoms with Gasteiger partial charge in [-0.15, -0.1) is 22.7 Å². The Hall–Kier alpha value is -0.980. The SMILES string of the molecule is CC(C(N)=S)N(C)C(=O)c1cc2sccc2s1. The molecule has 0 aliphatic rings. The number of nitrogens with zero attached hydrogens (tertiary/aromatic N) is 1. The maximum Gasteiger partial charge on any atom is 0.264 e. The Morgan fingerprint density at radius 2 is 2.24 bits per heavy atom. The minimum atomic E-state index is -0.224. The van der Waals surface area contributed by atoms with Crippen LogP contribution in [0, 0.1) is 0 Å². The molecule has 3 nitrogen and oxygen atoms in total. The van der Waals surface area contributed by atoms with Crippen LogP contribution < -0.4 is 5.73 Å². The fourth-order valence-electron chi connectivity index (χ4n) is 1.41. The van der Waals surface area contributed by atoms with Crippen LogP contribution in [0.1, 0.15) is 16.6 Å². The zero-order valence-electron chi connectivity index (χ0n) is 9.47. The first-order valence-corrected chi connectivity index (χ1v) is 7.14. The fraction of sp³-hybridized carbons (Fsp3) is 0.273. The van der Waals surface area contributed by atoms with E-state index in [1.165, 1.54) is 11.3 Å². The van der Waals surface area contributed by atoms with E-state index in [2.05, 4.69) is 0 Å². The van der Waals surface area contributed by atoms with Gasteiger partial charge < -0.3 is 10.6 Å². The van der Waals surface area contributed by atoms with Crippen molar-refractivity contribution in [2.75, 3.05) is 7.05 Å². The molecule has 90 valence electrons. The number of carbonyl (C=O) groups is 1. The minimum absolute atomic E-state index is 0.0290. The van der Waals surface area contributed by atoms with Crippen molar-refractivity contribution >= 4 is 55.2 Å². The molecule has 0 saturated heterocycles. The van der Waals surface area contributed by atoms with Crippen molar-refractivity contribution in [2.24, 2.45) is 5.73 Å². The van der Waals surface area contributed by atoms with Crippen LogP contribution in [0.5, 0.6) is 0 Å². The molecule has 0 aliphatic carbocycles. The molecule has 0 bridgehead atoms. The van der Waals surface area contributed by atoms with Crippen LogP contribution in [0.3, 0.4) is 0 Å². The first-order valence-electron chi connectivity index (χ1n) is 5.04. The third-order valence-electron chi connectivity index (χ3n) is 2.66. The normalized spacial score (nSPS) is 12.6. The molecular formula is C11H12N2OS3. The van der Waals surface area contributed by atoms with Gasteiger partial charge in [0.1, 0.15) is 0 Å². The van der Waals surface area contributed by atoms with Crippen LogP contribution in [0.15, 0.2) is 17.5 Å². The third kappa shape index (κ3) is 2.34. The lowest BCUT2D eigenvalue weighted by molar-refractivity contribution is 0.0784. The number of fused-ring (bicyclic) bond motifs is 1. The van der Waals surface area contributed by atoms with E-state index >= 15 is 0 Å². The number of likely N-dealkylation sites (N-methyl/N-ethyl adjacent to an activating group) is 1. The molecule has 0 aromatic carbocycles. The molecule has 0 spiro atoms. The van der Waals surface area contributed by atoms with Gasteiger partial charge in [0.15, 0.2) is 0 Å². The Bertz CT molecular complexity index is 544. The highest BCUT2D eigenvalue weighted by Gasteiger charge is 2.21. The second kappa shape index (κ2) is 4.72. The molecule has 2 heterocycles.